The molecule has 68 valence electrons. The van der Waals surface area contributed by atoms with Crippen LogP contribution in [-0.2, 0) is 0 Å². The van der Waals surface area contributed by atoms with Crippen LogP contribution >= 0.6 is 0 Å². The fraction of sp³-hybridized carbons (Fsp3) is 0.700. The molecule has 0 aliphatic heterocycles. The van der Waals surface area contributed by atoms with Crippen LogP contribution in [0, 0.1) is 5.41 Å². The lowest BCUT2D eigenvalue weighted by atomic mass is 9.83. The first-order valence-corrected chi connectivity index (χ1v) is 4.43. The van der Waals surface area contributed by atoms with E-state index in [0.717, 1.165) is 25.0 Å². The third kappa shape index (κ3) is 1.87. The lowest BCUT2D eigenvalue weighted by Gasteiger charge is -2.21. The Morgan fingerprint density at radius 3 is 2.67 bits per heavy atom. The molecule has 1 aliphatic carbocycles. The van der Waals surface area contributed by atoms with Gasteiger partial charge in [0.2, 0.25) is 0 Å². The van der Waals surface area contributed by atoms with Gasteiger partial charge in [0, 0.05) is 5.41 Å². The van der Waals surface area contributed by atoms with E-state index in [-0.39, 0.29) is 5.41 Å². The highest BCUT2D eigenvalue weighted by Crippen LogP contribution is 2.30. The van der Waals surface area contributed by atoms with E-state index in [1.807, 2.05) is 0 Å². The Morgan fingerprint density at radius 2 is 2.08 bits per heavy atom. The van der Waals surface area contributed by atoms with Crippen molar-refractivity contribution in [3.05, 3.63) is 11.6 Å². The Kier molecular flexibility index (Phi) is 2.55. The predicted octanol–water partition coefficient (Wildman–Crippen LogP) is 2.97. The van der Waals surface area contributed by atoms with E-state index in [1.54, 1.807) is 0 Å². The fourth-order valence-electron chi connectivity index (χ4n) is 1.49. The molecule has 2 heteroatoms. The van der Waals surface area contributed by atoms with E-state index in [9.17, 15) is 0 Å². The Balaban J connectivity index is 2.85. The summed E-state index contributed by atoms with van der Waals surface area (Å²) in [7, 11) is 0. The van der Waals surface area contributed by atoms with E-state index >= 15 is 0 Å². The van der Waals surface area contributed by atoms with Gasteiger partial charge >= 0.3 is 0 Å². The van der Waals surface area contributed by atoms with Crippen molar-refractivity contribution in [2.24, 2.45) is 10.6 Å². The third-order valence-electron chi connectivity index (χ3n) is 2.62. The summed E-state index contributed by atoms with van der Waals surface area (Å²) in [6, 6.07) is 0. The van der Waals surface area contributed by atoms with Crippen LogP contribution in [0.1, 0.15) is 40.0 Å². The summed E-state index contributed by atoms with van der Waals surface area (Å²) in [6.07, 6.45) is 5.16. The van der Waals surface area contributed by atoms with Gasteiger partial charge in [-0.15, -0.1) is 0 Å². The van der Waals surface area contributed by atoms with Gasteiger partial charge in [-0.2, -0.15) is 0 Å². The van der Waals surface area contributed by atoms with Crippen LogP contribution in [0.15, 0.2) is 16.8 Å². The standard InChI is InChI=1S/C10H17NO/c1-8-4-5-9(11-12)10(2,3)7-6-8/h6,12H,4-5,7H2,1-3H3. The highest BCUT2D eigenvalue weighted by molar-refractivity contribution is 5.89. The molecule has 0 spiro atoms. The second-order valence-electron chi connectivity index (χ2n) is 4.19. The minimum absolute atomic E-state index is 0.0342. The molecule has 0 aromatic rings. The van der Waals surface area contributed by atoms with Gasteiger partial charge in [-0.1, -0.05) is 30.7 Å². The van der Waals surface area contributed by atoms with Gasteiger partial charge < -0.3 is 5.21 Å². The van der Waals surface area contributed by atoms with Gasteiger partial charge in [0.05, 0.1) is 5.71 Å². The van der Waals surface area contributed by atoms with Crippen molar-refractivity contribution in [1.29, 1.82) is 0 Å². The zero-order valence-corrected chi connectivity index (χ0v) is 8.09. The number of nitrogens with zero attached hydrogens (tertiary/aromatic N) is 1. The summed E-state index contributed by atoms with van der Waals surface area (Å²) in [6.45, 7) is 6.38. The summed E-state index contributed by atoms with van der Waals surface area (Å²) in [5.74, 6) is 0. The Labute approximate surface area is 74.0 Å². The Bertz CT molecular complexity index is 226. The summed E-state index contributed by atoms with van der Waals surface area (Å²) >= 11 is 0. The van der Waals surface area contributed by atoms with E-state index in [0.29, 0.717) is 0 Å². The SMILES string of the molecule is CC1=CCC(C)(C)C(=NO)CC1. The van der Waals surface area contributed by atoms with Crippen molar-refractivity contribution in [2.45, 2.75) is 40.0 Å². The molecule has 0 radical (unpaired) electrons. The lowest BCUT2D eigenvalue weighted by Crippen LogP contribution is -2.22. The van der Waals surface area contributed by atoms with E-state index in [2.05, 4.69) is 32.0 Å². The average Bonchev–Trinajstić information content (AvgIpc) is 2.12. The van der Waals surface area contributed by atoms with Crippen LogP contribution in [0.3, 0.4) is 0 Å². The normalized spacial score (nSPS) is 26.6. The quantitative estimate of drug-likeness (QED) is 0.336. The van der Waals surface area contributed by atoms with Gasteiger partial charge in [0.25, 0.3) is 0 Å². The van der Waals surface area contributed by atoms with Crippen molar-refractivity contribution in [1.82, 2.24) is 0 Å². The molecule has 0 bridgehead atoms. The second kappa shape index (κ2) is 3.30. The molecule has 1 rings (SSSR count). The number of hydrogen-bond donors (Lipinski definition) is 1. The van der Waals surface area contributed by atoms with Crippen LogP contribution in [0.4, 0.5) is 0 Å². The van der Waals surface area contributed by atoms with Crippen molar-refractivity contribution in [3.63, 3.8) is 0 Å². The first-order chi connectivity index (χ1) is 5.56. The maximum absolute atomic E-state index is 8.80. The van der Waals surface area contributed by atoms with Crippen LogP contribution in [0.5, 0.6) is 0 Å². The minimum Gasteiger partial charge on any atom is -0.411 e. The van der Waals surface area contributed by atoms with E-state index in [4.69, 9.17) is 5.21 Å². The molecule has 0 amide bonds. The molecule has 0 unspecified atom stereocenters. The molecule has 0 aromatic carbocycles. The summed E-state index contributed by atoms with van der Waals surface area (Å²) in [5, 5.41) is 12.2. The molecule has 0 aromatic heterocycles. The first kappa shape index (κ1) is 9.30. The highest BCUT2D eigenvalue weighted by Gasteiger charge is 2.26. The molecular weight excluding hydrogens is 150 g/mol. The van der Waals surface area contributed by atoms with Crippen LogP contribution in [-0.4, -0.2) is 10.9 Å². The highest BCUT2D eigenvalue weighted by atomic mass is 16.4. The van der Waals surface area contributed by atoms with Crippen molar-refractivity contribution >= 4 is 5.71 Å². The van der Waals surface area contributed by atoms with E-state index < -0.39 is 0 Å². The van der Waals surface area contributed by atoms with Gasteiger partial charge in [-0.3, -0.25) is 0 Å². The number of rotatable bonds is 0. The maximum Gasteiger partial charge on any atom is 0.0633 e. The molecule has 1 aliphatic rings. The summed E-state index contributed by atoms with van der Waals surface area (Å²) < 4.78 is 0. The fourth-order valence-corrected chi connectivity index (χ4v) is 1.49. The summed E-state index contributed by atoms with van der Waals surface area (Å²) in [5.41, 5.74) is 2.37. The monoisotopic (exact) mass is 167 g/mol. The Hall–Kier alpha value is -0.790. The zero-order chi connectivity index (χ0) is 9.19. The lowest BCUT2D eigenvalue weighted by molar-refractivity contribution is 0.307. The van der Waals surface area contributed by atoms with Crippen molar-refractivity contribution in [2.75, 3.05) is 0 Å². The minimum atomic E-state index is 0.0342. The van der Waals surface area contributed by atoms with Crippen LogP contribution in [0.25, 0.3) is 0 Å². The van der Waals surface area contributed by atoms with Crippen molar-refractivity contribution in [3.8, 4) is 0 Å². The molecule has 1 N–H and O–H groups in total. The summed E-state index contributed by atoms with van der Waals surface area (Å²) in [4.78, 5) is 0. The predicted molar refractivity (Wildman–Crippen MR) is 50.6 cm³/mol. The van der Waals surface area contributed by atoms with Gasteiger partial charge in [-0.25, -0.2) is 0 Å². The molecule has 0 heterocycles. The molecule has 0 saturated heterocycles. The number of allylic oxidation sites excluding steroid dienone is 2. The average molecular weight is 167 g/mol. The van der Waals surface area contributed by atoms with Gasteiger partial charge in [0.15, 0.2) is 0 Å². The molecular formula is C10H17NO. The molecule has 0 atom stereocenters. The third-order valence-corrected chi connectivity index (χ3v) is 2.62. The van der Waals surface area contributed by atoms with Gasteiger partial charge in [0.1, 0.15) is 0 Å². The van der Waals surface area contributed by atoms with Crippen LogP contribution in [0.2, 0.25) is 0 Å². The molecule has 12 heavy (non-hydrogen) atoms. The number of hydrogen-bond acceptors (Lipinski definition) is 2. The maximum atomic E-state index is 8.80. The molecule has 2 nitrogen and oxygen atoms in total. The number of oxime groups is 1. The topological polar surface area (TPSA) is 32.6 Å². The first-order valence-electron chi connectivity index (χ1n) is 4.43. The Morgan fingerprint density at radius 1 is 1.42 bits per heavy atom. The largest absolute Gasteiger partial charge is 0.411 e. The van der Waals surface area contributed by atoms with Crippen LogP contribution < -0.4 is 0 Å². The zero-order valence-electron chi connectivity index (χ0n) is 8.09. The van der Waals surface area contributed by atoms with Gasteiger partial charge in [-0.05, 0) is 26.2 Å². The van der Waals surface area contributed by atoms with Crippen molar-refractivity contribution < 1.29 is 5.21 Å². The smallest absolute Gasteiger partial charge is 0.0633 e. The molecule has 0 saturated carbocycles. The second-order valence-corrected chi connectivity index (χ2v) is 4.19. The molecule has 0 fully saturated rings. The van der Waals surface area contributed by atoms with E-state index in [1.165, 1.54) is 5.57 Å².